The number of nitrogens with one attached hydrogen (secondary N) is 1. The zero-order chi connectivity index (χ0) is 20.8. The van der Waals surface area contributed by atoms with Gasteiger partial charge in [0.15, 0.2) is 0 Å². The van der Waals surface area contributed by atoms with Crippen LogP contribution in [0.15, 0.2) is 71.5 Å². The number of amides is 1. The van der Waals surface area contributed by atoms with E-state index in [0.717, 1.165) is 26.1 Å². The highest BCUT2D eigenvalue weighted by Crippen LogP contribution is 2.33. The van der Waals surface area contributed by atoms with Gasteiger partial charge >= 0.3 is 0 Å². The summed E-state index contributed by atoms with van der Waals surface area (Å²) in [5.74, 6) is 0.217. The quantitative estimate of drug-likeness (QED) is 0.315. The highest BCUT2D eigenvalue weighted by Gasteiger charge is 2.25. The average molecular weight is 505 g/mol. The number of aryl methyl sites for hydroxylation is 1. The lowest BCUT2D eigenvalue weighted by atomic mass is 10.1. The standard InChI is InChI=1S/C24H16IN3O2/c1-14-6-2-5-9-21(14)28-22(26-20-11-10-15(25)12-18(20)24(28)30)13-17-16-7-3-4-8-19(16)27-23(17)29/h2-13H,1H3,(H,27,29)/b17-13-. The van der Waals surface area contributed by atoms with Crippen molar-refractivity contribution in [2.75, 3.05) is 5.32 Å². The predicted octanol–water partition coefficient (Wildman–Crippen LogP) is 4.79. The van der Waals surface area contributed by atoms with Crippen molar-refractivity contribution in [3.05, 3.63) is 97.6 Å². The van der Waals surface area contributed by atoms with E-state index < -0.39 is 0 Å². The van der Waals surface area contributed by atoms with Crippen LogP contribution < -0.4 is 10.9 Å². The third-order valence-electron chi connectivity index (χ3n) is 5.20. The molecule has 0 spiro atoms. The second-order valence-corrected chi connectivity index (χ2v) is 8.36. The molecule has 30 heavy (non-hydrogen) atoms. The number of aromatic nitrogens is 2. The Labute approximate surface area is 186 Å². The van der Waals surface area contributed by atoms with Gasteiger partial charge in [-0.05, 0) is 71.5 Å². The minimum absolute atomic E-state index is 0.161. The Morgan fingerprint density at radius 2 is 1.77 bits per heavy atom. The molecule has 4 aromatic rings. The number of carbonyl (C=O) groups excluding carboxylic acids is 1. The molecule has 1 aromatic heterocycles. The van der Waals surface area contributed by atoms with Crippen LogP contribution >= 0.6 is 22.6 Å². The highest BCUT2D eigenvalue weighted by atomic mass is 127. The summed E-state index contributed by atoms with van der Waals surface area (Å²) in [6.45, 7) is 1.95. The van der Waals surface area contributed by atoms with Crippen LogP contribution in [0.4, 0.5) is 5.69 Å². The van der Waals surface area contributed by atoms with Gasteiger partial charge in [-0.25, -0.2) is 4.98 Å². The van der Waals surface area contributed by atoms with Crippen molar-refractivity contribution < 1.29 is 4.79 Å². The van der Waals surface area contributed by atoms with E-state index >= 15 is 0 Å². The number of halogens is 1. The smallest absolute Gasteiger partial charge is 0.266 e. The first-order valence-corrected chi connectivity index (χ1v) is 10.5. The number of hydrogen-bond donors (Lipinski definition) is 1. The van der Waals surface area contributed by atoms with Crippen LogP contribution in [-0.4, -0.2) is 15.5 Å². The van der Waals surface area contributed by atoms with Crippen molar-refractivity contribution in [2.45, 2.75) is 6.92 Å². The Kier molecular flexibility index (Phi) is 4.51. The SMILES string of the molecule is Cc1ccccc1-n1c(/C=C2\C(=O)Nc3ccccc32)nc2ccc(I)cc2c1=O. The summed E-state index contributed by atoms with van der Waals surface area (Å²) in [6.07, 6.45) is 1.70. The number of rotatable bonds is 2. The largest absolute Gasteiger partial charge is 0.321 e. The monoisotopic (exact) mass is 505 g/mol. The molecule has 6 heteroatoms. The molecule has 0 saturated heterocycles. The van der Waals surface area contributed by atoms with Gasteiger partial charge in [0.2, 0.25) is 0 Å². The maximum atomic E-state index is 13.5. The second-order valence-electron chi connectivity index (χ2n) is 7.12. The molecule has 1 N–H and O–H groups in total. The maximum Gasteiger partial charge on any atom is 0.266 e. The number of carbonyl (C=O) groups is 1. The summed E-state index contributed by atoms with van der Waals surface area (Å²) in [5.41, 5.74) is 4.18. The Morgan fingerprint density at radius 3 is 2.60 bits per heavy atom. The van der Waals surface area contributed by atoms with E-state index in [-0.39, 0.29) is 11.5 Å². The first-order chi connectivity index (χ1) is 14.5. The molecule has 0 radical (unpaired) electrons. The topological polar surface area (TPSA) is 64.0 Å². The van der Waals surface area contributed by atoms with Gasteiger partial charge < -0.3 is 5.32 Å². The lowest BCUT2D eigenvalue weighted by Gasteiger charge is -2.14. The van der Waals surface area contributed by atoms with Gasteiger partial charge in [0.1, 0.15) is 5.82 Å². The Balaban J connectivity index is 1.85. The number of benzene rings is 3. The van der Waals surface area contributed by atoms with Gasteiger partial charge in [0.25, 0.3) is 11.5 Å². The molecule has 5 nitrogen and oxygen atoms in total. The normalized spacial score (nSPS) is 14.2. The molecule has 0 fully saturated rings. The number of para-hydroxylation sites is 2. The average Bonchev–Trinajstić information content (AvgIpc) is 3.05. The first-order valence-electron chi connectivity index (χ1n) is 9.44. The van der Waals surface area contributed by atoms with Gasteiger partial charge in [-0.2, -0.15) is 0 Å². The lowest BCUT2D eigenvalue weighted by Crippen LogP contribution is -2.23. The minimum Gasteiger partial charge on any atom is -0.321 e. The molecule has 5 rings (SSSR count). The van der Waals surface area contributed by atoms with E-state index in [4.69, 9.17) is 4.98 Å². The number of hydrogen-bond acceptors (Lipinski definition) is 3. The molecule has 2 heterocycles. The zero-order valence-corrected chi connectivity index (χ0v) is 18.2. The highest BCUT2D eigenvalue weighted by molar-refractivity contribution is 14.1. The zero-order valence-electron chi connectivity index (χ0n) is 16.0. The summed E-state index contributed by atoms with van der Waals surface area (Å²) >= 11 is 2.19. The van der Waals surface area contributed by atoms with E-state index in [2.05, 4.69) is 27.9 Å². The Hall–Kier alpha value is -3.26. The molecule has 1 aliphatic heterocycles. The van der Waals surface area contributed by atoms with Gasteiger partial charge in [-0.1, -0.05) is 36.4 Å². The molecule has 1 amide bonds. The first kappa shape index (κ1) is 18.7. The van der Waals surface area contributed by atoms with Crippen LogP contribution in [0.2, 0.25) is 0 Å². The summed E-state index contributed by atoms with van der Waals surface area (Å²) in [7, 11) is 0. The van der Waals surface area contributed by atoms with E-state index in [1.54, 1.807) is 10.6 Å². The third kappa shape index (κ3) is 3.04. The second kappa shape index (κ2) is 7.21. The summed E-state index contributed by atoms with van der Waals surface area (Å²) in [5, 5.41) is 3.42. The molecule has 146 valence electrons. The molecule has 0 unspecified atom stereocenters. The molecule has 0 atom stereocenters. The van der Waals surface area contributed by atoms with Crippen LogP contribution in [0.1, 0.15) is 17.0 Å². The van der Waals surface area contributed by atoms with Crippen molar-refractivity contribution in [1.82, 2.24) is 9.55 Å². The Bertz CT molecular complexity index is 1440. The maximum absolute atomic E-state index is 13.5. The molecular formula is C24H16IN3O2. The molecule has 0 aliphatic carbocycles. The van der Waals surface area contributed by atoms with Crippen molar-refractivity contribution in [1.29, 1.82) is 0 Å². The molecule has 0 saturated carbocycles. The van der Waals surface area contributed by atoms with Crippen molar-refractivity contribution in [3.63, 3.8) is 0 Å². The summed E-state index contributed by atoms with van der Waals surface area (Å²) in [4.78, 5) is 31.0. The van der Waals surface area contributed by atoms with E-state index in [9.17, 15) is 9.59 Å². The molecular weight excluding hydrogens is 489 g/mol. The van der Waals surface area contributed by atoms with Crippen LogP contribution in [0, 0.1) is 10.5 Å². The number of fused-ring (bicyclic) bond motifs is 2. The van der Waals surface area contributed by atoms with Gasteiger partial charge in [0.05, 0.1) is 22.2 Å². The predicted molar refractivity (Wildman–Crippen MR) is 128 cm³/mol. The van der Waals surface area contributed by atoms with Crippen LogP contribution in [0.3, 0.4) is 0 Å². The summed E-state index contributed by atoms with van der Waals surface area (Å²) in [6, 6.07) is 20.8. The fourth-order valence-electron chi connectivity index (χ4n) is 3.73. The minimum atomic E-state index is -0.204. The van der Waals surface area contributed by atoms with E-state index in [0.29, 0.717) is 22.3 Å². The third-order valence-corrected chi connectivity index (χ3v) is 5.87. The van der Waals surface area contributed by atoms with Gasteiger partial charge in [-0.15, -0.1) is 0 Å². The van der Waals surface area contributed by atoms with Crippen LogP contribution in [0.5, 0.6) is 0 Å². The number of anilines is 1. The van der Waals surface area contributed by atoms with Crippen LogP contribution in [-0.2, 0) is 4.79 Å². The Morgan fingerprint density at radius 1 is 1.00 bits per heavy atom. The molecule has 3 aromatic carbocycles. The number of nitrogens with zero attached hydrogens (tertiary/aromatic N) is 2. The molecule has 1 aliphatic rings. The lowest BCUT2D eigenvalue weighted by molar-refractivity contribution is -0.110. The van der Waals surface area contributed by atoms with Gasteiger partial charge in [0, 0.05) is 14.8 Å². The fourth-order valence-corrected chi connectivity index (χ4v) is 4.22. The van der Waals surface area contributed by atoms with Crippen molar-refractivity contribution in [3.8, 4) is 5.69 Å². The fraction of sp³-hybridized carbons (Fsp3) is 0.0417. The van der Waals surface area contributed by atoms with Crippen molar-refractivity contribution >= 4 is 56.7 Å². The van der Waals surface area contributed by atoms with Gasteiger partial charge in [-0.3, -0.25) is 14.2 Å². The van der Waals surface area contributed by atoms with E-state index in [1.807, 2.05) is 73.7 Å². The summed E-state index contributed by atoms with van der Waals surface area (Å²) < 4.78 is 2.56. The molecule has 0 bridgehead atoms. The van der Waals surface area contributed by atoms with Crippen LogP contribution in [0.25, 0.3) is 28.2 Å². The van der Waals surface area contributed by atoms with Crippen molar-refractivity contribution in [2.24, 2.45) is 0 Å². The van der Waals surface area contributed by atoms with E-state index in [1.165, 1.54) is 0 Å².